The van der Waals surface area contributed by atoms with Gasteiger partial charge in [-0.1, -0.05) is 18.2 Å². The van der Waals surface area contributed by atoms with Crippen LogP contribution in [-0.2, 0) is 6.54 Å². The van der Waals surface area contributed by atoms with Crippen LogP contribution in [0.1, 0.15) is 26.3 Å². The quantitative estimate of drug-likeness (QED) is 0.620. The van der Waals surface area contributed by atoms with E-state index in [4.69, 9.17) is 10.5 Å². The van der Waals surface area contributed by atoms with E-state index in [0.717, 1.165) is 17.9 Å². The predicted molar refractivity (Wildman–Crippen MR) is 88.7 cm³/mol. The fourth-order valence-electron chi connectivity index (χ4n) is 1.71. The van der Waals surface area contributed by atoms with Crippen LogP contribution in [0.3, 0.4) is 0 Å². The van der Waals surface area contributed by atoms with Gasteiger partial charge in [0.05, 0.1) is 6.54 Å². The summed E-state index contributed by atoms with van der Waals surface area (Å²) >= 11 is 0. The third-order valence-electron chi connectivity index (χ3n) is 2.69. The molecule has 118 valence electrons. The van der Waals surface area contributed by atoms with Crippen molar-refractivity contribution in [3.63, 3.8) is 0 Å². The lowest BCUT2D eigenvalue weighted by Crippen LogP contribution is -2.44. The van der Waals surface area contributed by atoms with Gasteiger partial charge < -0.3 is 20.7 Å². The summed E-state index contributed by atoms with van der Waals surface area (Å²) < 4.78 is 5.81. The summed E-state index contributed by atoms with van der Waals surface area (Å²) in [4.78, 5) is 6.47. The standard InChI is InChI=1S/C16H28N4O/c1-16(2,3)19-15(17)18-12-13-8-6-7-9-14(13)21-11-10-20(4)5/h6-9H,10-12H2,1-5H3,(H3,17,18,19). The number of guanidine groups is 1. The summed E-state index contributed by atoms with van der Waals surface area (Å²) in [5, 5.41) is 3.15. The van der Waals surface area contributed by atoms with Gasteiger partial charge in [-0.3, -0.25) is 0 Å². The van der Waals surface area contributed by atoms with Gasteiger partial charge in [-0.05, 0) is 40.9 Å². The maximum Gasteiger partial charge on any atom is 0.189 e. The summed E-state index contributed by atoms with van der Waals surface area (Å²) in [6.07, 6.45) is 0. The van der Waals surface area contributed by atoms with Crippen LogP contribution in [0.15, 0.2) is 29.3 Å². The van der Waals surface area contributed by atoms with Crippen LogP contribution in [0.2, 0.25) is 0 Å². The summed E-state index contributed by atoms with van der Waals surface area (Å²) in [5.74, 6) is 1.32. The van der Waals surface area contributed by atoms with Crippen LogP contribution < -0.4 is 15.8 Å². The molecule has 0 aromatic heterocycles. The Hall–Kier alpha value is -1.75. The second kappa shape index (κ2) is 7.88. The molecule has 0 radical (unpaired) electrons. The van der Waals surface area contributed by atoms with Crippen molar-refractivity contribution < 1.29 is 4.74 Å². The molecule has 0 saturated carbocycles. The Morgan fingerprint density at radius 3 is 2.57 bits per heavy atom. The number of rotatable bonds is 6. The van der Waals surface area contributed by atoms with Crippen molar-refractivity contribution in [3.05, 3.63) is 29.8 Å². The van der Waals surface area contributed by atoms with Crippen molar-refractivity contribution >= 4 is 5.96 Å². The second-order valence-electron chi connectivity index (χ2n) is 6.34. The molecule has 0 aliphatic carbocycles. The first kappa shape index (κ1) is 17.3. The summed E-state index contributed by atoms with van der Waals surface area (Å²) in [6, 6.07) is 7.93. The van der Waals surface area contributed by atoms with E-state index in [9.17, 15) is 0 Å². The molecule has 0 bridgehead atoms. The van der Waals surface area contributed by atoms with Gasteiger partial charge in [-0.15, -0.1) is 0 Å². The van der Waals surface area contributed by atoms with Gasteiger partial charge in [0.2, 0.25) is 0 Å². The highest BCUT2D eigenvalue weighted by Crippen LogP contribution is 2.18. The third-order valence-corrected chi connectivity index (χ3v) is 2.69. The largest absolute Gasteiger partial charge is 0.492 e. The number of nitrogens with zero attached hydrogens (tertiary/aromatic N) is 2. The molecule has 5 heteroatoms. The molecule has 5 nitrogen and oxygen atoms in total. The second-order valence-corrected chi connectivity index (χ2v) is 6.34. The maximum absolute atomic E-state index is 5.89. The Morgan fingerprint density at radius 2 is 1.95 bits per heavy atom. The first-order chi connectivity index (χ1) is 9.78. The Morgan fingerprint density at radius 1 is 1.29 bits per heavy atom. The first-order valence-electron chi connectivity index (χ1n) is 7.21. The fourth-order valence-corrected chi connectivity index (χ4v) is 1.71. The normalized spacial score (nSPS) is 12.6. The number of nitrogens with one attached hydrogen (secondary N) is 1. The van der Waals surface area contributed by atoms with E-state index in [0.29, 0.717) is 19.1 Å². The molecule has 3 N–H and O–H groups in total. The number of nitrogens with two attached hydrogens (primary N) is 1. The molecule has 0 fully saturated rings. The maximum atomic E-state index is 5.89. The van der Waals surface area contributed by atoms with Crippen molar-refractivity contribution in [1.82, 2.24) is 10.2 Å². The molecule has 0 unspecified atom stereocenters. The number of aliphatic imine (C=N–C) groups is 1. The van der Waals surface area contributed by atoms with Gasteiger partial charge in [0.15, 0.2) is 5.96 Å². The van der Waals surface area contributed by atoms with E-state index in [1.165, 1.54) is 0 Å². The molecule has 0 atom stereocenters. The van der Waals surface area contributed by atoms with Crippen LogP contribution in [-0.4, -0.2) is 43.6 Å². The fraction of sp³-hybridized carbons (Fsp3) is 0.562. The minimum atomic E-state index is -0.0880. The van der Waals surface area contributed by atoms with E-state index in [2.05, 4.69) is 15.2 Å². The average molecular weight is 292 g/mol. The van der Waals surface area contributed by atoms with Gasteiger partial charge in [-0.2, -0.15) is 0 Å². The van der Waals surface area contributed by atoms with Crippen molar-refractivity contribution in [2.75, 3.05) is 27.2 Å². The van der Waals surface area contributed by atoms with Crippen LogP contribution in [0, 0.1) is 0 Å². The lowest BCUT2D eigenvalue weighted by Gasteiger charge is -2.21. The molecular weight excluding hydrogens is 264 g/mol. The Labute approximate surface area is 128 Å². The molecule has 0 heterocycles. The van der Waals surface area contributed by atoms with E-state index in [1.54, 1.807) is 0 Å². The molecule has 1 aromatic rings. The Bertz CT molecular complexity index is 464. The topological polar surface area (TPSA) is 62.9 Å². The van der Waals surface area contributed by atoms with Gasteiger partial charge in [0.1, 0.15) is 12.4 Å². The number of likely N-dealkylation sites (N-methyl/N-ethyl adjacent to an activating group) is 1. The summed E-state index contributed by atoms with van der Waals surface area (Å²) in [6.45, 7) is 8.19. The third kappa shape index (κ3) is 7.56. The molecule has 0 aliphatic heterocycles. The van der Waals surface area contributed by atoms with E-state index in [-0.39, 0.29) is 5.54 Å². The van der Waals surface area contributed by atoms with Gasteiger partial charge in [0.25, 0.3) is 0 Å². The van der Waals surface area contributed by atoms with Crippen molar-refractivity contribution in [1.29, 1.82) is 0 Å². The zero-order valence-corrected chi connectivity index (χ0v) is 13.8. The van der Waals surface area contributed by atoms with Crippen LogP contribution in [0.4, 0.5) is 0 Å². The van der Waals surface area contributed by atoms with E-state index < -0.39 is 0 Å². The number of hydrogen-bond donors (Lipinski definition) is 2. The lowest BCUT2D eigenvalue weighted by atomic mass is 10.1. The Balaban J connectivity index is 2.64. The van der Waals surface area contributed by atoms with Crippen LogP contribution >= 0.6 is 0 Å². The molecule has 0 saturated heterocycles. The predicted octanol–water partition coefficient (Wildman–Crippen LogP) is 1.83. The molecule has 1 rings (SSSR count). The van der Waals surface area contributed by atoms with Gasteiger partial charge in [-0.25, -0.2) is 4.99 Å². The van der Waals surface area contributed by atoms with E-state index >= 15 is 0 Å². The zero-order chi connectivity index (χ0) is 15.9. The molecule has 1 aromatic carbocycles. The number of ether oxygens (including phenoxy) is 1. The zero-order valence-electron chi connectivity index (χ0n) is 13.8. The first-order valence-corrected chi connectivity index (χ1v) is 7.21. The van der Waals surface area contributed by atoms with Crippen molar-refractivity contribution in [2.45, 2.75) is 32.9 Å². The van der Waals surface area contributed by atoms with E-state index in [1.807, 2.05) is 59.1 Å². The monoisotopic (exact) mass is 292 g/mol. The Kier molecular flexibility index (Phi) is 6.49. The molecule has 0 aliphatic rings. The number of para-hydroxylation sites is 1. The van der Waals surface area contributed by atoms with Gasteiger partial charge in [0, 0.05) is 17.6 Å². The van der Waals surface area contributed by atoms with Crippen molar-refractivity contribution in [3.8, 4) is 5.75 Å². The highest BCUT2D eigenvalue weighted by atomic mass is 16.5. The SMILES string of the molecule is CN(C)CCOc1ccccc1CN=C(N)NC(C)(C)C. The van der Waals surface area contributed by atoms with Crippen molar-refractivity contribution in [2.24, 2.45) is 10.7 Å². The molecular formula is C16H28N4O. The number of benzene rings is 1. The highest BCUT2D eigenvalue weighted by molar-refractivity contribution is 5.78. The molecule has 21 heavy (non-hydrogen) atoms. The molecule has 0 spiro atoms. The minimum absolute atomic E-state index is 0.0880. The summed E-state index contributed by atoms with van der Waals surface area (Å²) in [5.41, 5.74) is 6.84. The van der Waals surface area contributed by atoms with Crippen LogP contribution in [0.5, 0.6) is 5.75 Å². The average Bonchev–Trinajstić information content (AvgIpc) is 2.35. The number of hydrogen-bond acceptors (Lipinski definition) is 3. The smallest absolute Gasteiger partial charge is 0.189 e. The highest BCUT2D eigenvalue weighted by Gasteiger charge is 2.10. The molecule has 0 amide bonds. The lowest BCUT2D eigenvalue weighted by molar-refractivity contribution is 0.259. The van der Waals surface area contributed by atoms with Crippen LogP contribution in [0.25, 0.3) is 0 Å². The van der Waals surface area contributed by atoms with Gasteiger partial charge >= 0.3 is 0 Å². The minimum Gasteiger partial charge on any atom is -0.492 e. The summed E-state index contributed by atoms with van der Waals surface area (Å²) in [7, 11) is 4.05.